The van der Waals surface area contributed by atoms with Crippen LogP contribution in [0, 0.1) is 29.6 Å². The summed E-state index contributed by atoms with van der Waals surface area (Å²) >= 11 is 0. The fourth-order valence-electron chi connectivity index (χ4n) is 5.59. The Hall–Kier alpha value is -0.490. The molecule has 0 spiro atoms. The quantitative estimate of drug-likeness (QED) is 0.506. The highest BCUT2D eigenvalue weighted by Gasteiger charge is 2.49. The minimum Gasteiger partial charge on any atom is -0.247 e. The van der Waals surface area contributed by atoms with E-state index in [1.54, 1.807) is 0 Å². The standard InChI is InChI=1S/C19H27F7/c20-11-2-4-12(15(22)8-11)9-1-3-13(14(21)5-9)10-6-16(23)18(19(25)26)17(24)7-10/h9-19H,1-8H2. The third-order valence-electron chi connectivity index (χ3n) is 7.02. The lowest BCUT2D eigenvalue weighted by molar-refractivity contribution is -0.0744. The third kappa shape index (κ3) is 4.16. The molecule has 0 heterocycles. The van der Waals surface area contributed by atoms with Crippen molar-refractivity contribution in [2.45, 2.75) is 88.7 Å². The van der Waals surface area contributed by atoms with E-state index in [2.05, 4.69) is 0 Å². The van der Waals surface area contributed by atoms with Crippen LogP contribution in [0.25, 0.3) is 0 Å². The second-order valence-electron chi connectivity index (χ2n) is 8.52. The monoisotopic (exact) mass is 388 g/mol. The van der Waals surface area contributed by atoms with E-state index in [9.17, 15) is 30.7 Å². The van der Waals surface area contributed by atoms with Gasteiger partial charge in [0.25, 0.3) is 0 Å². The highest BCUT2D eigenvalue weighted by atomic mass is 19.3. The zero-order valence-corrected chi connectivity index (χ0v) is 14.7. The first-order valence-corrected chi connectivity index (χ1v) is 9.76. The SMILES string of the molecule is FC1CCC(C2CCC(C3CC(F)C(C(F)F)C(F)C3)C(F)C2)C(F)C1. The highest BCUT2D eigenvalue weighted by Crippen LogP contribution is 2.48. The summed E-state index contributed by atoms with van der Waals surface area (Å²) in [7, 11) is 0. The summed E-state index contributed by atoms with van der Waals surface area (Å²) in [6.07, 6.45) is -9.50. The topological polar surface area (TPSA) is 0 Å². The summed E-state index contributed by atoms with van der Waals surface area (Å²) in [6.45, 7) is 0. The largest absolute Gasteiger partial charge is 0.247 e. The summed E-state index contributed by atoms with van der Waals surface area (Å²) in [5.41, 5.74) is 0. The smallest absolute Gasteiger partial charge is 0.247 e. The molecular formula is C19H27F7. The fraction of sp³-hybridized carbons (Fsp3) is 1.00. The minimum absolute atomic E-state index is 0.120. The van der Waals surface area contributed by atoms with Gasteiger partial charge >= 0.3 is 0 Å². The lowest BCUT2D eigenvalue weighted by Crippen LogP contribution is -2.45. The van der Waals surface area contributed by atoms with Gasteiger partial charge in [0.15, 0.2) is 0 Å². The lowest BCUT2D eigenvalue weighted by Gasteiger charge is -2.44. The minimum atomic E-state index is -3.05. The first-order chi connectivity index (χ1) is 12.3. The maximum Gasteiger partial charge on any atom is 0.247 e. The number of alkyl halides is 7. The Kier molecular flexibility index (Phi) is 6.43. The van der Waals surface area contributed by atoms with Crippen molar-refractivity contribution in [2.24, 2.45) is 29.6 Å². The Labute approximate surface area is 149 Å². The molecular weight excluding hydrogens is 361 g/mol. The predicted octanol–water partition coefficient (Wildman–Crippen LogP) is 6.18. The van der Waals surface area contributed by atoms with Gasteiger partial charge in [0, 0.05) is 6.42 Å². The van der Waals surface area contributed by atoms with Gasteiger partial charge in [-0.2, -0.15) is 0 Å². The van der Waals surface area contributed by atoms with E-state index in [1.807, 2.05) is 0 Å². The molecule has 0 N–H and O–H groups in total. The van der Waals surface area contributed by atoms with Gasteiger partial charge in [0.05, 0.1) is 5.92 Å². The second-order valence-corrected chi connectivity index (χ2v) is 8.52. The molecule has 0 aromatic heterocycles. The van der Waals surface area contributed by atoms with Crippen molar-refractivity contribution >= 4 is 0 Å². The van der Waals surface area contributed by atoms with Crippen LogP contribution in [-0.4, -0.2) is 37.3 Å². The first-order valence-electron chi connectivity index (χ1n) is 9.76. The van der Waals surface area contributed by atoms with Crippen LogP contribution >= 0.6 is 0 Å². The molecule has 8 atom stereocenters. The summed E-state index contributed by atoms with van der Waals surface area (Å²) < 4.78 is 95.8. The van der Waals surface area contributed by atoms with E-state index in [4.69, 9.17) is 0 Å². The number of rotatable bonds is 3. The van der Waals surface area contributed by atoms with Crippen molar-refractivity contribution in [3.05, 3.63) is 0 Å². The van der Waals surface area contributed by atoms with Crippen LogP contribution in [0.2, 0.25) is 0 Å². The van der Waals surface area contributed by atoms with Gasteiger partial charge in [-0.25, -0.2) is 30.7 Å². The maximum absolute atomic E-state index is 14.8. The maximum atomic E-state index is 14.8. The number of hydrogen-bond donors (Lipinski definition) is 0. The third-order valence-corrected chi connectivity index (χ3v) is 7.02. The Morgan fingerprint density at radius 1 is 0.538 bits per heavy atom. The van der Waals surface area contributed by atoms with Gasteiger partial charge in [-0.15, -0.1) is 0 Å². The van der Waals surface area contributed by atoms with Gasteiger partial charge in [0.2, 0.25) is 6.43 Å². The molecule has 3 rings (SSSR count). The molecule has 0 saturated heterocycles. The van der Waals surface area contributed by atoms with Crippen LogP contribution in [-0.2, 0) is 0 Å². The molecule has 0 aliphatic heterocycles. The molecule has 3 aliphatic carbocycles. The molecule has 8 unspecified atom stereocenters. The van der Waals surface area contributed by atoms with E-state index in [-0.39, 0.29) is 37.5 Å². The molecule has 152 valence electrons. The van der Waals surface area contributed by atoms with Gasteiger partial charge < -0.3 is 0 Å². The van der Waals surface area contributed by atoms with Crippen molar-refractivity contribution in [2.75, 3.05) is 0 Å². The summed E-state index contributed by atoms with van der Waals surface area (Å²) in [5.74, 6) is -3.59. The van der Waals surface area contributed by atoms with Crippen molar-refractivity contribution in [1.82, 2.24) is 0 Å². The average Bonchev–Trinajstić information content (AvgIpc) is 2.53. The summed E-state index contributed by atoms with van der Waals surface area (Å²) in [4.78, 5) is 0. The van der Waals surface area contributed by atoms with Crippen LogP contribution in [0.5, 0.6) is 0 Å². The van der Waals surface area contributed by atoms with Crippen LogP contribution in [0.4, 0.5) is 30.7 Å². The molecule has 0 amide bonds. The van der Waals surface area contributed by atoms with Gasteiger partial charge in [-0.05, 0) is 68.6 Å². The Morgan fingerprint density at radius 2 is 1.04 bits per heavy atom. The Balaban J connectivity index is 1.58. The van der Waals surface area contributed by atoms with Crippen LogP contribution < -0.4 is 0 Å². The molecule has 26 heavy (non-hydrogen) atoms. The van der Waals surface area contributed by atoms with Crippen molar-refractivity contribution in [3.63, 3.8) is 0 Å². The molecule has 7 heteroatoms. The number of halogens is 7. The van der Waals surface area contributed by atoms with E-state index in [0.29, 0.717) is 25.7 Å². The van der Waals surface area contributed by atoms with Crippen LogP contribution in [0.1, 0.15) is 51.4 Å². The Morgan fingerprint density at radius 3 is 1.58 bits per heavy atom. The zero-order chi connectivity index (χ0) is 19.0. The van der Waals surface area contributed by atoms with E-state index in [0.717, 1.165) is 0 Å². The van der Waals surface area contributed by atoms with E-state index < -0.39 is 55.0 Å². The van der Waals surface area contributed by atoms with Gasteiger partial charge in [-0.1, -0.05) is 0 Å². The zero-order valence-electron chi connectivity index (χ0n) is 14.7. The summed E-state index contributed by atoms with van der Waals surface area (Å²) in [6, 6.07) is 0. The fourth-order valence-corrected chi connectivity index (χ4v) is 5.59. The van der Waals surface area contributed by atoms with E-state index in [1.165, 1.54) is 0 Å². The molecule has 0 nitrogen and oxygen atoms in total. The van der Waals surface area contributed by atoms with Crippen molar-refractivity contribution < 1.29 is 30.7 Å². The van der Waals surface area contributed by atoms with Gasteiger partial charge in [-0.3, -0.25) is 0 Å². The normalized spacial score (nSPS) is 50.8. The average molecular weight is 388 g/mol. The van der Waals surface area contributed by atoms with Gasteiger partial charge in [0.1, 0.15) is 30.9 Å². The molecule has 3 saturated carbocycles. The molecule has 0 aromatic rings. The second kappa shape index (κ2) is 8.26. The lowest BCUT2D eigenvalue weighted by atomic mass is 9.64. The highest BCUT2D eigenvalue weighted by molar-refractivity contribution is 4.96. The molecule has 0 radical (unpaired) electrons. The first kappa shape index (κ1) is 20.2. The molecule has 0 bridgehead atoms. The van der Waals surface area contributed by atoms with Crippen molar-refractivity contribution in [3.8, 4) is 0 Å². The number of hydrogen-bond acceptors (Lipinski definition) is 0. The Bertz CT molecular complexity index is 447. The predicted molar refractivity (Wildman–Crippen MR) is 84.9 cm³/mol. The molecule has 0 aromatic carbocycles. The molecule has 3 fully saturated rings. The molecule has 3 aliphatic rings. The van der Waals surface area contributed by atoms with Crippen molar-refractivity contribution in [1.29, 1.82) is 0 Å². The van der Waals surface area contributed by atoms with E-state index >= 15 is 0 Å². The van der Waals surface area contributed by atoms with Crippen LogP contribution in [0.15, 0.2) is 0 Å². The summed E-state index contributed by atoms with van der Waals surface area (Å²) in [5, 5.41) is 0. The van der Waals surface area contributed by atoms with Crippen LogP contribution in [0.3, 0.4) is 0 Å².